The van der Waals surface area contributed by atoms with Crippen LogP contribution in [-0.4, -0.2) is 40.1 Å². The highest BCUT2D eigenvalue weighted by atomic mass is 19.1. The number of hydrogen-bond acceptors (Lipinski definition) is 6. The highest BCUT2D eigenvalue weighted by Gasteiger charge is 2.28. The van der Waals surface area contributed by atoms with E-state index in [-0.39, 0.29) is 30.5 Å². The third-order valence-corrected chi connectivity index (χ3v) is 6.07. The molecule has 0 N–H and O–H groups in total. The van der Waals surface area contributed by atoms with Gasteiger partial charge < -0.3 is 14.4 Å². The molecule has 4 rings (SSSR count). The SMILES string of the molecule is CCOC(=O)c1cc(Oc2ccc(-c3ccc(C(C)C)nn3)cc2)c(CN2CC(C)CC2=O)cc1F. The molecule has 8 heteroatoms. The summed E-state index contributed by atoms with van der Waals surface area (Å²) >= 11 is 0. The van der Waals surface area contributed by atoms with E-state index in [0.29, 0.717) is 35.9 Å². The average Bonchev–Trinajstić information content (AvgIpc) is 3.17. The minimum Gasteiger partial charge on any atom is -0.462 e. The molecule has 0 radical (unpaired) electrons. The summed E-state index contributed by atoms with van der Waals surface area (Å²) in [5, 5.41) is 8.58. The summed E-state index contributed by atoms with van der Waals surface area (Å²) in [6.45, 7) is 8.68. The number of esters is 1. The number of carbonyl (C=O) groups is 2. The van der Waals surface area contributed by atoms with E-state index in [4.69, 9.17) is 9.47 Å². The molecule has 188 valence electrons. The monoisotopic (exact) mass is 491 g/mol. The number of ether oxygens (including phenoxy) is 2. The van der Waals surface area contributed by atoms with E-state index in [1.165, 1.54) is 12.1 Å². The van der Waals surface area contributed by atoms with Crippen LogP contribution in [0.5, 0.6) is 11.5 Å². The first kappa shape index (κ1) is 25.3. The molecule has 0 bridgehead atoms. The molecule has 2 heterocycles. The molecule has 1 amide bonds. The molecule has 1 aliphatic rings. The maximum atomic E-state index is 14.8. The summed E-state index contributed by atoms with van der Waals surface area (Å²) in [5.74, 6) is -0.154. The largest absolute Gasteiger partial charge is 0.462 e. The Balaban J connectivity index is 1.61. The number of hydrogen-bond donors (Lipinski definition) is 0. The van der Waals surface area contributed by atoms with Gasteiger partial charge in [-0.1, -0.05) is 20.8 Å². The third-order valence-electron chi connectivity index (χ3n) is 6.07. The van der Waals surface area contributed by atoms with Crippen molar-refractivity contribution in [2.75, 3.05) is 13.2 Å². The Kier molecular flexibility index (Phi) is 7.62. The second-order valence-electron chi connectivity index (χ2n) is 9.37. The van der Waals surface area contributed by atoms with Crippen LogP contribution in [0, 0.1) is 11.7 Å². The highest BCUT2D eigenvalue weighted by Crippen LogP contribution is 2.32. The smallest absolute Gasteiger partial charge is 0.341 e. The summed E-state index contributed by atoms with van der Waals surface area (Å²) < 4.78 is 25.9. The van der Waals surface area contributed by atoms with E-state index in [2.05, 4.69) is 24.0 Å². The molecule has 1 saturated heterocycles. The lowest BCUT2D eigenvalue weighted by molar-refractivity contribution is -0.128. The zero-order valence-electron chi connectivity index (χ0n) is 21.0. The molecule has 0 spiro atoms. The molecule has 36 heavy (non-hydrogen) atoms. The van der Waals surface area contributed by atoms with Crippen LogP contribution in [0.1, 0.15) is 61.6 Å². The van der Waals surface area contributed by atoms with Crippen LogP contribution in [0.4, 0.5) is 4.39 Å². The van der Waals surface area contributed by atoms with Crippen LogP contribution in [0.2, 0.25) is 0 Å². The van der Waals surface area contributed by atoms with Gasteiger partial charge in [-0.3, -0.25) is 4.79 Å². The van der Waals surface area contributed by atoms with E-state index in [1.807, 2.05) is 31.2 Å². The van der Waals surface area contributed by atoms with E-state index in [9.17, 15) is 14.0 Å². The molecule has 2 aromatic carbocycles. The predicted octanol–water partition coefficient (Wildman–Crippen LogP) is 5.74. The number of carbonyl (C=O) groups excluding carboxylic acids is 2. The van der Waals surface area contributed by atoms with Crippen LogP contribution in [0.3, 0.4) is 0 Å². The van der Waals surface area contributed by atoms with Crippen molar-refractivity contribution in [1.29, 1.82) is 0 Å². The van der Waals surface area contributed by atoms with Crippen LogP contribution < -0.4 is 4.74 Å². The number of amides is 1. The van der Waals surface area contributed by atoms with Gasteiger partial charge in [0.15, 0.2) is 0 Å². The Hall–Kier alpha value is -3.81. The molecular weight excluding hydrogens is 461 g/mol. The lowest BCUT2D eigenvalue weighted by Gasteiger charge is -2.20. The molecule has 1 fully saturated rings. The normalized spacial score (nSPS) is 15.4. The summed E-state index contributed by atoms with van der Waals surface area (Å²) in [6.07, 6.45) is 0.460. The van der Waals surface area contributed by atoms with Gasteiger partial charge in [-0.25, -0.2) is 9.18 Å². The Bertz CT molecular complexity index is 1240. The van der Waals surface area contributed by atoms with Crippen LogP contribution >= 0.6 is 0 Å². The number of halogens is 1. The van der Waals surface area contributed by atoms with Crippen molar-refractivity contribution >= 4 is 11.9 Å². The summed E-state index contributed by atoms with van der Waals surface area (Å²) in [6, 6.07) is 13.7. The molecular formula is C28H30FN3O4. The first-order valence-electron chi connectivity index (χ1n) is 12.1. The van der Waals surface area contributed by atoms with Gasteiger partial charge >= 0.3 is 5.97 Å². The fraction of sp³-hybridized carbons (Fsp3) is 0.357. The fourth-order valence-electron chi connectivity index (χ4n) is 4.13. The minimum atomic E-state index is -0.768. The zero-order chi connectivity index (χ0) is 25.8. The second-order valence-corrected chi connectivity index (χ2v) is 9.37. The molecule has 0 saturated carbocycles. The van der Waals surface area contributed by atoms with Crippen molar-refractivity contribution in [2.45, 2.75) is 46.6 Å². The number of likely N-dealkylation sites (tertiary alicyclic amines) is 1. The topological polar surface area (TPSA) is 81.6 Å². The first-order chi connectivity index (χ1) is 17.2. The van der Waals surface area contributed by atoms with Gasteiger partial charge in [-0.2, -0.15) is 10.2 Å². The van der Waals surface area contributed by atoms with Gasteiger partial charge in [0, 0.05) is 30.6 Å². The molecule has 1 aromatic heterocycles. The van der Waals surface area contributed by atoms with Crippen molar-refractivity contribution in [1.82, 2.24) is 15.1 Å². The molecule has 3 aromatic rings. The Labute approximate surface area is 210 Å². The maximum absolute atomic E-state index is 14.8. The second kappa shape index (κ2) is 10.8. The maximum Gasteiger partial charge on any atom is 0.341 e. The third kappa shape index (κ3) is 5.70. The Morgan fingerprint density at radius 3 is 2.47 bits per heavy atom. The number of aromatic nitrogens is 2. The van der Waals surface area contributed by atoms with E-state index in [0.717, 1.165) is 17.0 Å². The summed E-state index contributed by atoms with van der Waals surface area (Å²) in [7, 11) is 0. The van der Waals surface area contributed by atoms with Crippen molar-refractivity contribution in [2.24, 2.45) is 5.92 Å². The number of benzene rings is 2. The Morgan fingerprint density at radius 1 is 1.14 bits per heavy atom. The van der Waals surface area contributed by atoms with Crippen molar-refractivity contribution < 1.29 is 23.5 Å². The average molecular weight is 492 g/mol. The quantitative estimate of drug-likeness (QED) is 0.374. The van der Waals surface area contributed by atoms with Crippen molar-refractivity contribution in [3.63, 3.8) is 0 Å². The van der Waals surface area contributed by atoms with E-state index in [1.54, 1.807) is 24.0 Å². The molecule has 1 unspecified atom stereocenters. The Morgan fingerprint density at radius 2 is 1.89 bits per heavy atom. The molecule has 0 aliphatic carbocycles. The standard InChI is InChI=1S/C28H30FN3O4/c1-5-35-28(34)22-14-26(20(13-23(22)29)16-32-15-18(4)12-27(32)33)36-21-8-6-19(7-9-21)25-11-10-24(17(2)3)30-31-25/h6-11,13-14,17-18H,5,12,15-16H2,1-4H3. The first-order valence-corrected chi connectivity index (χ1v) is 12.1. The van der Waals surface area contributed by atoms with Crippen molar-refractivity contribution in [3.8, 4) is 22.8 Å². The zero-order valence-corrected chi connectivity index (χ0v) is 21.0. The summed E-state index contributed by atoms with van der Waals surface area (Å²) in [4.78, 5) is 26.3. The van der Waals surface area contributed by atoms with Crippen LogP contribution in [-0.2, 0) is 16.1 Å². The van der Waals surface area contributed by atoms with Crippen LogP contribution in [0.25, 0.3) is 11.3 Å². The summed E-state index contributed by atoms with van der Waals surface area (Å²) in [5.41, 5.74) is 2.79. The van der Waals surface area contributed by atoms with E-state index < -0.39 is 11.8 Å². The molecule has 1 atom stereocenters. The predicted molar refractivity (Wildman–Crippen MR) is 133 cm³/mol. The highest BCUT2D eigenvalue weighted by molar-refractivity contribution is 5.90. The van der Waals surface area contributed by atoms with Crippen molar-refractivity contribution in [3.05, 3.63) is 71.2 Å². The number of nitrogens with zero attached hydrogens (tertiary/aromatic N) is 3. The lowest BCUT2D eigenvalue weighted by atomic mass is 10.1. The van der Waals surface area contributed by atoms with Crippen LogP contribution in [0.15, 0.2) is 48.5 Å². The van der Waals surface area contributed by atoms with Gasteiger partial charge in [0.2, 0.25) is 5.91 Å². The molecule has 7 nitrogen and oxygen atoms in total. The molecule has 1 aliphatic heterocycles. The van der Waals surface area contributed by atoms with Gasteiger partial charge in [-0.15, -0.1) is 0 Å². The van der Waals surface area contributed by atoms with Gasteiger partial charge in [0.25, 0.3) is 0 Å². The van der Waals surface area contributed by atoms with Gasteiger partial charge in [-0.05, 0) is 67.3 Å². The van der Waals surface area contributed by atoms with E-state index >= 15 is 0 Å². The fourth-order valence-corrected chi connectivity index (χ4v) is 4.13. The van der Waals surface area contributed by atoms with Gasteiger partial charge in [0.05, 0.1) is 23.6 Å². The minimum absolute atomic E-state index is 0.0114. The number of rotatable bonds is 8. The van der Waals surface area contributed by atoms with Gasteiger partial charge in [0.1, 0.15) is 17.3 Å². The lowest BCUT2D eigenvalue weighted by Crippen LogP contribution is -2.25.